The number of nitrogens with zero attached hydrogens (tertiary/aromatic N) is 2. The van der Waals surface area contributed by atoms with E-state index in [0.29, 0.717) is 16.5 Å². The fourth-order valence-electron chi connectivity index (χ4n) is 2.62. The van der Waals surface area contributed by atoms with E-state index in [4.69, 9.17) is 16.3 Å². The summed E-state index contributed by atoms with van der Waals surface area (Å²) in [6.45, 7) is 1.84. The van der Waals surface area contributed by atoms with Gasteiger partial charge in [0.15, 0.2) is 0 Å². The zero-order valence-electron chi connectivity index (χ0n) is 12.1. The number of anilines is 1. The fourth-order valence-corrected chi connectivity index (χ4v) is 2.77. The molecule has 22 heavy (non-hydrogen) atoms. The van der Waals surface area contributed by atoms with Crippen molar-refractivity contribution in [2.75, 3.05) is 18.0 Å². The van der Waals surface area contributed by atoms with Gasteiger partial charge in [-0.15, -0.1) is 0 Å². The maximum absolute atomic E-state index is 10.7. The fraction of sp³-hybridized carbons (Fsp3) is 0.294. The Hall–Kier alpha value is -2.07. The molecule has 2 aromatic rings. The normalized spacial score (nSPS) is 15.6. The summed E-state index contributed by atoms with van der Waals surface area (Å²) >= 11 is 5.94. The van der Waals surface area contributed by atoms with E-state index in [-0.39, 0.29) is 6.10 Å². The van der Waals surface area contributed by atoms with E-state index in [9.17, 15) is 4.79 Å². The van der Waals surface area contributed by atoms with Crippen LogP contribution < -0.4 is 9.64 Å². The Balaban J connectivity index is 1.56. The van der Waals surface area contributed by atoms with Crippen molar-refractivity contribution in [2.24, 2.45) is 0 Å². The van der Waals surface area contributed by atoms with Crippen LogP contribution in [0.25, 0.3) is 0 Å². The van der Waals surface area contributed by atoms with Crippen molar-refractivity contribution < 1.29 is 9.53 Å². The van der Waals surface area contributed by atoms with Crippen molar-refractivity contribution in [3.63, 3.8) is 0 Å². The number of benzene rings is 1. The predicted molar refractivity (Wildman–Crippen MR) is 86.9 cm³/mol. The molecule has 1 aliphatic rings. The van der Waals surface area contributed by atoms with Gasteiger partial charge < -0.3 is 9.64 Å². The highest BCUT2D eigenvalue weighted by Gasteiger charge is 2.21. The van der Waals surface area contributed by atoms with Gasteiger partial charge in [0.25, 0.3) is 0 Å². The van der Waals surface area contributed by atoms with Gasteiger partial charge in [-0.1, -0.05) is 11.6 Å². The summed E-state index contributed by atoms with van der Waals surface area (Å²) in [6, 6.07) is 11.2. The SMILES string of the molecule is O=Cc1ccc(N2CCC(Oc3cc(Cl)ccn3)CC2)cc1. The maximum atomic E-state index is 10.7. The van der Waals surface area contributed by atoms with Gasteiger partial charge in [-0.2, -0.15) is 0 Å². The molecule has 0 saturated carbocycles. The minimum atomic E-state index is 0.163. The van der Waals surface area contributed by atoms with Gasteiger partial charge in [0.2, 0.25) is 5.88 Å². The van der Waals surface area contributed by atoms with Crippen molar-refractivity contribution in [3.05, 3.63) is 53.2 Å². The lowest BCUT2D eigenvalue weighted by molar-refractivity contribution is 0.112. The molecule has 0 N–H and O–H groups in total. The van der Waals surface area contributed by atoms with Gasteiger partial charge >= 0.3 is 0 Å². The Kier molecular flexibility index (Phi) is 4.59. The molecule has 0 bridgehead atoms. The first-order chi connectivity index (χ1) is 10.7. The number of carbonyl (C=O) groups excluding carboxylic acids is 1. The van der Waals surface area contributed by atoms with E-state index >= 15 is 0 Å². The number of carbonyl (C=O) groups is 1. The molecule has 0 unspecified atom stereocenters. The molecular formula is C17H17ClN2O2. The van der Waals surface area contributed by atoms with E-state index in [2.05, 4.69) is 9.88 Å². The highest BCUT2D eigenvalue weighted by molar-refractivity contribution is 6.30. The molecule has 0 amide bonds. The average Bonchev–Trinajstić information content (AvgIpc) is 2.56. The number of hydrogen-bond acceptors (Lipinski definition) is 4. The van der Waals surface area contributed by atoms with Crippen LogP contribution in [-0.4, -0.2) is 30.5 Å². The van der Waals surface area contributed by atoms with Gasteiger partial charge in [0, 0.05) is 54.5 Å². The molecular weight excluding hydrogens is 300 g/mol. The standard InChI is InChI=1S/C17H17ClN2O2/c18-14-5-8-19-17(11-14)22-16-6-9-20(10-7-16)15-3-1-13(12-21)2-4-15/h1-5,8,11-12,16H,6-7,9-10H2. The molecule has 0 radical (unpaired) electrons. The topological polar surface area (TPSA) is 42.4 Å². The summed E-state index contributed by atoms with van der Waals surface area (Å²) in [4.78, 5) is 17.2. The number of pyridine rings is 1. The zero-order chi connectivity index (χ0) is 15.4. The molecule has 0 aliphatic carbocycles. The Labute approximate surface area is 134 Å². The molecule has 4 nitrogen and oxygen atoms in total. The highest BCUT2D eigenvalue weighted by Crippen LogP contribution is 2.23. The van der Waals surface area contributed by atoms with Crippen LogP contribution in [0.2, 0.25) is 5.02 Å². The number of piperidine rings is 1. The van der Waals surface area contributed by atoms with Crippen LogP contribution in [0.4, 0.5) is 5.69 Å². The van der Waals surface area contributed by atoms with Crippen molar-refractivity contribution in [1.29, 1.82) is 0 Å². The number of aldehydes is 1. The number of aromatic nitrogens is 1. The van der Waals surface area contributed by atoms with Gasteiger partial charge in [0.1, 0.15) is 12.4 Å². The largest absolute Gasteiger partial charge is 0.474 e. The zero-order valence-corrected chi connectivity index (χ0v) is 12.9. The summed E-state index contributed by atoms with van der Waals surface area (Å²) in [5, 5.41) is 0.637. The van der Waals surface area contributed by atoms with E-state index in [1.165, 1.54) is 0 Å². The first kappa shape index (κ1) is 14.9. The molecule has 114 valence electrons. The first-order valence-electron chi connectivity index (χ1n) is 7.33. The minimum Gasteiger partial charge on any atom is -0.474 e. The number of rotatable bonds is 4. The lowest BCUT2D eigenvalue weighted by atomic mass is 10.1. The maximum Gasteiger partial charge on any atom is 0.214 e. The molecule has 1 saturated heterocycles. The van der Waals surface area contributed by atoms with Crippen molar-refractivity contribution in [1.82, 2.24) is 4.98 Å². The number of ether oxygens (including phenoxy) is 1. The number of hydrogen-bond donors (Lipinski definition) is 0. The van der Waals surface area contributed by atoms with E-state index in [1.807, 2.05) is 24.3 Å². The Morgan fingerprint density at radius 3 is 2.55 bits per heavy atom. The smallest absolute Gasteiger partial charge is 0.214 e. The van der Waals surface area contributed by atoms with Crippen LogP contribution in [0, 0.1) is 0 Å². The monoisotopic (exact) mass is 316 g/mol. The Morgan fingerprint density at radius 1 is 1.18 bits per heavy atom. The minimum absolute atomic E-state index is 0.163. The summed E-state index contributed by atoms with van der Waals surface area (Å²) in [7, 11) is 0. The van der Waals surface area contributed by atoms with Gasteiger partial charge in [-0.05, 0) is 30.3 Å². The highest BCUT2D eigenvalue weighted by atomic mass is 35.5. The molecule has 1 aromatic heterocycles. The predicted octanol–water partition coefficient (Wildman–Crippen LogP) is 3.60. The summed E-state index contributed by atoms with van der Waals surface area (Å²) < 4.78 is 5.89. The first-order valence-corrected chi connectivity index (χ1v) is 7.71. The molecule has 1 fully saturated rings. The third-order valence-electron chi connectivity index (χ3n) is 3.82. The summed E-state index contributed by atoms with van der Waals surface area (Å²) in [5.41, 5.74) is 1.85. The summed E-state index contributed by atoms with van der Waals surface area (Å²) in [6.07, 6.45) is 4.55. The third-order valence-corrected chi connectivity index (χ3v) is 4.06. The van der Waals surface area contributed by atoms with E-state index < -0.39 is 0 Å². The van der Waals surface area contributed by atoms with Gasteiger partial charge in [-0.25, -0.2) is 4.98 Å². The Bertz CT molecular complexity index is 637. The summed E-state index contributed by atoms with van der Waals surface area (Å²) in [5.74, 6) is 0.585. The van der Waals surface area contributed by atoms with Crippen molar-refractivity contribution >= 4 is 23.6 Å². The Morgan fingerprint density at radius 2 is 1.91 bits per heavy atom. The van der Waals surface area contributed by atoms with E-state index in [0.717, 1.165) is 37.9 Å². The lowest BCUT2D eigenvalue weighted by Crippen LogP contribution is -2.38. The molecule has 2 heterocycles. The van der Waals surface area contributed by atoms with Crippen LogP contribution >= 0.6 is 11.6 Å². The van der Waals surface area contributed by atoms with Crippen LogP contribution in [0.3, 0.4) is 0 Å². The molecule has 0 spiro atoms. The van der Waals surface area contributed by atoms with Crippen LogP contribution in [0.1, 0.15) is 23.2 Å². The third kappa shape index (κ3) is 3.57. The van der Waals surface area contributed by atoms with Crippen LogP contribution in [0.5, 0.6) is 5.88 Å². The molecule has 5 heteroatoms. The lowest BCUT2D eigenvalue weighted by Gasteiger charge is -2.33. The van der Waals surface area contributed by atoms with Gasteiger partial charge in [-0.3, -0.25) is 4.79 Å². The second-order valence-electron chi connectivity index (χ2n) is 5.33. The second-order valence-corrected chi connectivity index (χ2v) is 5.76. The van der Waals surface area contributed by atoms with E-state index in [1.54, 1.807) is 18.3 Å². The molecule has 3 rings (SSSR count). The number of halogens is 1. The van der Waals surface area contributed by atoms with Crippen molar-refractivity contribution in [3.8, 4) is 5.88 Å². The van der Waals surface area contributed by atoms with Crippen LogP contribution in [-0.2, 0) is 0 Å². The molecule has 1 aliphatic heterocycles. The second kappa shape index (κ2) is 6.79. The molecule has 1 aromatic carbocycles. The molecule has 0 atom stereocenters. The quantitative estimate of drug-likeness (QED) is 0.808. The van der Waals surface area contributed by atoms with Crippen LogP contribution in [0.15, 0.2) is 42.6 Å². The average molecular weight is 317 g/mol. The van der Waals surface area contributed by atoms with Crippen molar-refractivity contribution in [2.45, 2.75) is 18.9 Å². The van der Waals surface area contributed by atoms with Gasteiger partial charge in [0.05, 0.1) is 0 Å².